The van der Waals surface area contributed by atoms with Gasteiger partial charge >= 0.3 is 0 Å². The highest BCUT2D eigenvalue weighted by atomic mass is 16.5. The Morgan fingerprint density at radius 1 is 1.13 bits per heavy atom. The van der Waals surface area contributed by atoms with E-state index in [0.29, 0.717) is 18.4 Å². The fraction of sp³-hybridized carbons (Fsp3) is 0.333. The van der Waals surface area contributed by atoms with Crippen molar-refractivity contribution in [3.63, 3.8) is 0 Å². The van der Waals surface area contributed by atoms with Crippen molar-refractivity contribution in [2.75, 3.05) is 20.8 Å². The summed E-state index contributed by atoms with van der Waals surface area (Å²) in [6, 6.07) is 13.8. The predicted octanol–water partition coefficient (Wildman–Crippen LogP) is 4.48. The van der Waals surface area contributed by atoms with E-state index in [4.69, 9.17) is 13.9 Å². The van der Waals surface area contributed by atoms with Crippen molar-refractivity contribution in [1.29, 1.82) is 0 Å². The average Bonchev–Trinajstić information content (AvgIpc) is 3.26. The minimum absolute atomic E-state index is 0.0525. The molecule has 1 heterocycles. The molecule has 0 saturated heterocycles. The number of ether oxygens (including phenoxy) is 2. The Kier molecular flexibility index (Phi) is 7.54. The number of oxazole rings is 1. The molecule has 0 radical (unpaired) electrons. The molecule has 2 aromatic carbocycles. The van der Waals surface area contributed by atoms with Gasteiger partial charge in [0.1, 0.15) is 23.5 Å². The van der Waals surface area contributed by atoms with Crippen molar-refractivity contribution in [1.82, 2.24) is 15.6 Å². The molecule has 0 fully saturated rings. The number of hydrogen-bond acceptors (Lipinski definition) is 5. The van der Waals surface area contributed by atoms with Crippen LogP contribution in [-0.4, -0.2) is 31.7 Å². The van der Waals surface area contributed by atoms with E-state index >= 15 is 0 Å². The van der Waals surface area contributed by atoms with Gasteiger partial charge < -0.3 is 24.5 Å². The molecule has 0 bridgehead atoms. The zero-order chi connectivity index (χ0) is 22.2. The Balaban J connectivity index is 1.73. The minimum atomic E-state index is -0.0525. The van der Waals surface area contributed by atoms with Crippen LogP contribution in [0.15, 0.2) is 58.1 Å². The van der Waals surface area contributed by atoms with Crippen molar-refractivity contribution < 1.29 is 13.9 Å². The van der Waals surface area contributed by atoms with Crippen LogP contribution in [0.25, 0.3) is 11.5 Å². The highest BCUT2D eigenvalue weighted by molar-refractivity contribution is 5.80. The second kappa shape index (κ2) is 10.5. The number of hydrogen-bond donors (Lipinski definition) is 2. The summed E-state index contributed by atoms with van der Waals surface area (Å²) in [7, 11) is 3.31. The molecule has 31 heavy (non-hydrogen) atoms. The fourth-order valence-corrected chi connectivity index (χ4v) is 3.15. The number of nitrogens with zero attached hydrogens (tertiary/aromatic N) is 2. The molecule has 1 aromatic heterocycles. The van der Waals surface area contributed by atoms with E-state index in [0.717, 1.165) is 34.9 Å². The summed E-state index contributed by atoms with van der Waals surface area (Å²) in [5.74, 6) is 2.84. The maximum Gasteiger partial charge on any atom is 0.226 e. The second-order valence-corrected chi connectivity index (χ2v) is 7.18. The van der Waals surface area contributed by atoms with E-state index < -0.39 is 0 Å². The summed E-state index contributed by atoms with van der Waals surface area (Å²) in [4.78, 5) is 9.23. The number of aryl methyl sites for hydroxylation is 1. The van der Waals surface area contributed by atoms with Gasteiger partial charge in [-0.1, -0.05) is 17.7 Å². The summed E-state index contributed by atoms with van der Waals surface area (Å²) in [6.45, 7) is 7.26. The summed E-state index contributed by atoms with van der Waals surface area (Å²) in [6.07, 6.45) is 1.65. The number of rotatable bonds is 8. The van der Waals surface area contributed by atoms with Gasteiger partial charge in [0.15, 0.2) is 5.96 Å². The molecule has 2 N–H and O–H groups in total. The Hall–Kier alpha value is -3.48. The zero-order valence-corrected chi connectivity index (χ0v) is 18.7. The monoisotopic (exact) mass is 422 g/mol. The molecule has 0 spiro atoms. The van der Waals surface area contributed by atoms with Crippen LogP contribution in [0, 0.1) is 6.92 Å². The third-order valence-corrected chi connectivity index (χ3v) is 4.85. The minimum Gasteiger partial charge on any atom is -0.497 e. The number of aromatic nitrogens is 1. The zero-order valence-electron chi connectivity index (χ0n) is 18.7. The summed E-state index contributed by atoms with van der Waals surface area (Å²) in [5, 5.41) is 6.69. The molecule has 164 valence electrons. The lowest BCUT2D eigenvalue weighted by Crippen LogP contribution is -2.38. The van der Waals surface area contributed by atoms with Crippen molar-refractivity contribution in [3.8, 4) is 23.0 Å². The molecule has 1 unspecified atom stereocenters. The van der Waals surface area contributed by atoms with Gasteiger partial charge in [-0.15, -0.1) is 0 Å². The van der Waals surface area contributed by atoms with Crippen molar-refractivity contribution in [2.24, 2.45) is 4.99 Å². The average molecular weight is 423 g/mol. The lowest BCUT2D eigenvalue weighted by atomic mass is 10.1. The molecule has 0 saturated carbocycles. The Labute approximate surface area is 183 Å². The highest BCUT2D eigenvalue weighted by Crippen LogP contribution is 2.29. The summed E-state index contributed by atoms with van der Waals surface area (Å²) >= 11 is 0. The van der Waals surface area contributed by atoms with Gasteiger partial charge in [0.05, 0.1) is 26.8 Å². The van der Waals surface area contributed by atoms with Gasteiger partial charge in [0.2, 0.25) is 5.89 Å². The van der Waals surface area contributed by atoms with Crippen LogP contribution in [0.4, 0.5) is 0 Å². The fourth-order valence-electron chi connectivity index (χ4n) is 3.15. The van der Waals surface area contributed by atoms with Crippen LogP contribution >= 0.6 is 0 Å². The number of guanidine groups is 1. The smallest absolute Gasteiger partial charge is 0.226 e. The summed E-state index contributed by atoms with van der Waals surface area (Å²) < 4.78 is 16.5. The lowest BCUT2D eigenvalue weighted by molar-refractivity contribution is 0.394. The van der Waals surface area contributed by atoms with Gasteiger partial charge in [-0.3, -0.25) is 0 Å². The number of nitrogens with one attached hydrogen (secondary N) is 2. The van der Waals surface area contributed by atoms with E-state index in [-0.39, 0.29) is 6.04 Å². The second-order valence-electron chi connectivity index (χ2n) is 7.18. The van der Waals surface area contributed by atoms with Gasteiger partial charge in [-0.2, -0.15) is 0 Å². The first kappa shape index (κ1) is 22.2. The lowest BCUT2D eigenvalue weighted by Gasteiger charge is -2.20. The van der Waals surface area contributed by atoms with E-state index in [1.807, 2.05) is 49.4 Å². The Morgan fingerprint density at radius 2 is 1.90 bits per heavy atom. The quantitative estimate of drug-likeness (QED) is 0.411. The molecule has 0 amide bonds. The van der Waals surface area contributed by atoms with Gasteiger partial charge in [0, 0.05) is 17.7 Å². The molecule has 3 rings (SSSR count). The maximum absolute atomic E-state index is 5.64. The summed E-state index contributed by atoms with van der Waals surface area (Å²) in [5.41, 5.74) is 3.89. The Morgan fingerprint density at radius 3 is 2.58 bits per heavy atom. The number of aliphatic imine (C=N–C) groups is 1. The van der Waals surface area contributed by atoms with Crippen LogP contribution in [0.1, 0.15) is 36.7 Å². The van der Waals surface area contributed by atoms with Crippen molar-refractivity contribution >= 4 is 5.96 Å². The largest absolute Gasteiger partial charge is 0.497 e. The van der Waals surface area contributed by atoms with E-state index in [1.165, 1.54) is 5.56 Å². The standard InChI is InChI=1S/C24H30N4O3/c1-6-25-24(27-17(3)21-13-20(29-4)11-12-22(21)30-5)26-14-19-15-31-23(28-19)18-9-7-16(2)8-10-18/h7-13,15,17H,6,14H2,1-5H3,(H2,25,26,27). The normalized spacial score (nSPS) is 12.4. The van der Waals surface area contributed by atoms with Crippen LogP contribution in [0.3, 0.4) is 0 Å². The van der Waals surface area contributed by atoms with E-state index in [9.17, 15) is 0 Å². The first-order valence-corrected chi connectivity index (χ1v) is 10.3. The third-order valence-electron chi connectivity index (χ3n) is 4.85. The van der Waals surface area contributed by atoms with Crippen molar-refractivity contribution in [3.05, 3.63) is 65.5 Å². The molecule has 0 aliphatic rings. The first-order valence-electron chi connectivity index (χ1n) is 10.3. The first-order chi connectivity index (χ1) is 15.0. The van der Waals surface area contributed by atoms with E-state index in [2.05, 4.69) is 34.5 Å². The van der Waals surface area contributed by atoms with Gasteiger partial charge in [-0.25, -0.2) is 9.98 Å². The van der Waals surface area contributed by atoms with Crippen LogP contribution in [-0.2, 0) is 6.54 Å². The molecule has 7 nitrogen and oxygen atoms in total. The van der Waals surface area contributed by atoms with Crippen LogP contribution in [0.2, 0.25) is 0 Å². The van der Waals surface area contributed by atoms with E-state index in [1.54, 1.807) is 20.5 Å². The topological polar surface area (TPSA) is 80.9 Å². The number of benzene rings is 2. The molecule has 0 aliphatic carbocycles. The molecule has 7 heteroatoms. The SMILES string of the molecule is CCNC(=NCc1coc(-c2ccc(C)cc2)n1)NC(C)c1cc(OC)ccc1OC. The predicted molar refractivity (Wildman–Crippen MR) is 123 cm³/mol. The van der Waals surface area contributed by atoms with Crippen molar-refractivity contribution in [2.45, 2.75) is 33.4 Å². The number of methoxy groups -OCH3 is 2. The van der Waals surface area contributed by atoms with Gasteiger partial charge in [0.25, 0.3) is 0 Å². The third kappa shape index (κ3) is 5.78. The molecule has 3 aromatic rings. The molecule has 1 atom stereocenters. The Bertz CT molecular complexity index is 1010. The highest BCUT2D eigenvalue weighted by Gasteiger charge is 2.15. The molecule has 0 aliphatic heterocycles. The maximum atomic E-state index is 5.64. The van der Waals surface area contributed by atoms with Crippen LogP contribution < -0.4 is 20.1 Å². The molecular formula is C24H30N4O3. The van der Waals surface area contributed by atoms with Gasteiger partial charge in [-0.05, 0) is 51.1 Å². The molecular weight excluding hydrogens is 392 g/mol. The van der Waals surface area contributed by atoms with Crippen LogP contribution in [0.5, 0.6) is 11.5 Å².